The highest BCUT2D eigenvalue weighted by molar-refractivity contribution is 6.35. The summed E-state index contributed by atoms with van der Waals surface area (Å²) < 4.78 is 0. The van der Waals surface area contributed by atoms with Crippen LogP contribution in [0.4, 0.5) is 5.69 Å². The van der Waals surface area contributed by atoms with Crippen LogP contribution in [0.3, 0.4) is 0 Å². The molecule has 1 aromatic carbocycles. The zero-order chi connectivity index (χ0) is 14.4. The zero-order valence-corrected chi connectivity index (χ0v) is 12.2. The van der Waals surface area contributed by atoms with E-state index in [-0.39, 0.29) is 11.8 Å². The van der Waals surface area contributed by atoms with Crippen LogP contribution < -0.4 is 10.6 Å². The molecule has 2 aliphatic rings. The number of aromatic nitrogens is 1. The van der Waals surface area contributed by atoms with Gasteiger partial charge in [0.15, 0.2) is 0 Å². The van der Waals surface area contributed by atoms with Crippen molar-refractivity contribution in [2.75, 3.05) is 5.32 Å². The van der Waals surface area contributed by atoms with Crippen molar-refractivity contribution in [3.8, 4) is 0 Å². The van der Waals surface area contributed by atoms with Gasteiger partial charge >= 0.3 is 0 Å². The fourth-order valence-corrected chi connectivity index (χ4v) is 3.80. The number of pyridine rings is 1. The number of fused-ring (bicyclic) bond motifs is 3. The fourth-order valence-electron chi connectivity index (χ4n) is 3.59. The number of amides is 1. The van der Waals surface area contributed by atoms with Crippen molar-refractivity contribution in [2.45, 2.75) is 31.3 Å². The molecule has 5 heteroatoms. The number of nitrogens with zero attached hydrogens (tertiary/aromatic N) is 1. The van der Waals surface area contributed by atoms with Gasteiger partial charge in [-0.3, -0.25) is 9.78 Å². The Bertz CT molecular complexity index is 718. The second-order valence-electron chi connectivity index (χ2n) is 5.87. The molecule has 2 saturated heterocycles. The van der Waals surface area contributed by atoms with Gasteiger partial charge in [0.05, 0.1) is 22.1 Å². The number of carbonyl (C=O) groups excluding carboxylic acids is 1. The van der Waals surface area contributed by atoms with Crippen LogP contribution in [0.1, 0.15) is 19.3 Å². The normalized spacial score (nSPS) is 27.2. The Hall–Kier alpha value is -1.65. The summed E-state index contributed by atoms with van der Waals surface area (Å²) in [6.45, 7) is 0. The molecule has 2 fully saturated rings. The van der Waals surface area contributed by atoms with Crippen LogP contribution in [-0.2, 0) is 4.79 Å². The topological polar surface area (TPSA) is 54.0 Å². The lowest BCUT2D eigenvalue weighted by molar-refractivity contribution is -0.120. The van der Waals surface area contributed by atoms with Crippen LogP contribution >= 0.6 is 11.6 Å². The van der Waals surface area contributed by atoms with Gasteiger partial charge in [-0.1, -0.05) is 11.6 Å². The molecule has 0 radical (unpaired) electrons. The molecule has 108 valence electrons. The summed E-state index contributed by atoms with van der Waals surface area (Å²) in [5.41, 5.74) is 1.51. The summed E-state index contributed by atoms with van der Waals surface area (Å²) in [7, 11) is 0. The van der Waals surface area contributed by atoms with Gasteiger partial charge in [0.1, 0.15) is 0 Å². The number of rotatable bonds is 2. The number of anilines is 1. The van der Waals surface area contributed by atoms with Gasteiger partial charge in [0, 0.05) is 23.7 Å². The Morgan fingerprint density at radius 3 is 3.00 bits per heavy atom. The molecule has 0 spiro atoms. The lowest BCUT2D eigenvalue weighted by atomic mass is 9.88. The van der Waals surface area contributed by atoms with E-state index in [1.165, 1.54) is 6.42 Å². The van der Waals surface area contributed by atoms with Crippen LogP contribution in [0.15, 0.2) is 30.5 Å². The average molecular weight is 302 g/mol. The Morgan fingerprint density at radius 2 is 2.24 bits per heavy atom. The van der Waals surface area contributed by atoms with Gasteiger partial charge in [0.25, 0.3) is 0 Å². The number of carbonyl (C=O) groups is 1. The molecule has 0 aliphatic carbocycles. The van der Waals surface area contributed by atoms with Gasteiger partial charge in [0.2, 0.25) is 5.91 Å². The average Bonchev–Trinajstić information content (AvgIpc) is 3.13. The first kappa shape index (κ1) is 13.0. The minimum absolute atomic E-state index is 0.0751. The molecular weight excluding hydrogens is 286 g/mol. The second-order valence-corrected chi connectivity index (χ2v) is 6.28. The molecule has 3 heterocycles. The number of hydrogen-bond acceptors (Lipinski definition) is 3. The van der Waals surface area contributed by atoms with Gasteiger partial charge in [-0.25, -0.2) is 0 Å². The van der Waals surface area contributed by atoms with Crippen molar-refractivity contribution in [1.82, 2.24) is 10.3 Å². The van der Waals surface area contributed by atoms with E-state index < -0.39 is 0 Å². The molecule has 1 amide bonds. The van der Waals surface area contributed by atoms with E-state index in [1.54, 1.807) is 12.3 Å². The minimum atomic E-state index is 0.0751. The molecule has 4 rings (SSSR count). The fraction of sp³-hybridized carbons (Fsp3) is 0.375. The van der Waals surface area contributed by atoms with E-state index in [1.807, 2.05) is 18.2 Å². The summed E-state index contributed by atoms with van der Waals surface area (Å²) in [6, 6.07) is 8.29. The van der Waals surface area contributed by atoms with Crippen LogP contribution in [0.25, 0.3) is 10.9 Å². The minimum Gasteiger partial charge on any atom is -0.325 e. The van der Waals surface area contributed by atoms with E-state index in [4.69, 9.17) is 11.6 Å². The van der Waals surface area contributed by atoms with E-state index >= 15 is 0 Å². The Kier molecular flexibility index (Phi) is 3.08. The number of benzene rings is 1. The smallest absolute Gasteiger partial charge is 0.229 e. The van der Waals surface area contributed by atoms with Crippen molar-refractivity contribution in [1.29, 1.82) is 0 Å². The summed E-state index contributed by atoms with van der Waals surface area (Å²) in [6.07, 6.45) is 4.95. The lowest BCUT2D eigenvalue weighted by Gasteiger charge is -2.20. The number of halogens is 1. The van der Waals surface area contributed by atoms with E-state index in [0.29, 0.717) is 17.1 Å². The van der Waals surface area contributed by atoms with Crippen LogP contribution in [-0.4, -0.2) is 23.0 Å². The first-order valence-corrected chi connectivity index (χ1v) is 7.70. The maximum atomic E-state index is 12.5. The molecular formula is C16H16ClN3O. The highest BCUT2D eigenvalue weighted by Crippen LogP contribution is 2.35. The molecule has 3 unspecified atom stereocenters. The van der Waals surface area contributed by atoms with Crippen molar-refractivity contribution >= 4 is 34.1 Å². The Balaban J connectivity index is 1.63. The van der Waals surface area contributed by atoms with Crippen LogP contribution in [0.2, 0.25) is 5.02 Å². The maximum absolute atomic E-state index is 12.5. The van der Waals surface area contributed by atoms with Crippen LogP contribution in [0.5, 0.6) is 0 Å². The van der Waals surface area contributed by atoms with Crippen LogP contribution in [0, 0.1) is 5.92 Å². The maximum Gasteiger partial charge on any atom is 0.229 e. The Morgan fingerprint density at radius 1 is 1.33 bits per heavy atom. The summed E-state index contributed by atoms with van der Waals surface area (Å²) in [5, 5.41) is 8.04. The molecule has 2 aliphatic heterocycles. The van der Waals surface area contributed by atoms with Gasteiger partial charge in [-0.05, 0) is 43.5 Å². The van der Waals surface area contributed by atoms with Gasteiger partial charge in [-0.2, -0.15) is 0 Å². The molecule has 21 heavy (non-hydrogen) atoms. The molecule has 2 bridgehead atoms. The molecule has 1 aromatic heterocycles. The molecule has 2 N–H and O–H groups in total. The third-order valence-corrected chi connectivity index (χ3v) is 4.92. The van der Waals surface area contributed by atoms with Crippen molar-refractivity contribution < 1.29 is 4.79 Å². The highest BCUT2D eigenvalue weighted by Gasteiger charge is 2.42. The first-order chi connectivity index (χ1) is 10.2. The molecule has 3 atom stereocenters. The molecule has 0 saturated carbocycles. The van der Waals surface area contributed by atoms with E-state index in [0.717, 1.165) is 29.4 Å². The number of nitrogens with one attached hydrogen (secondary N) is 2. The first-order valence-electron chi connectivity index (χ1n) is 7.32. The second kappa shape index (κ2) is 4.97. The van der Waals surface area contributed by atoms with E-state index in [2.05, 4.69) is 15.6 Å². The number of hydrogen-bond donors (Lipinski definition) is 2. The monoisotopic (exact) mass is 301 g/mol. The third kappa shape index (κ3) is 2.19. The SMILES string of the molecule is O=C(Nc1ccc(Cl)c2ncccc12)C1CC2CCC1N2. The quantitative estimate of drug-likeness (QED) is 0.896. The Labute approximate surface area is 127 Å². The summed E-state index contributed by atoms with van der Waals surface area (Å²) in [4.78, 5) is 16.8. The highest BCUT2D eigenvalue weighted by atomic mass is 35.5. The standard InChI is InChI=1S/C16H16ClN3O/c17-12-4-6-13(10-2-1-7-18-15(10)12)20-16(21)11-8-9-3-5-14(11)19-9/h1-2,4,6-7,9,11,14,19H,3,5,8H2,(H,20,21). The lowest BCUT2D eigenvalue weighted by Crippen LogP contribution is -2.32. The zero-order valence-electron chi connectivity index (χ0n) is 11.5. The predicted molar refractivity (Wildman–Crippen MR) is 83.4 cm³/mol. The van der Waals surface area contributed by atoms with Crippen molar-refractivity contribution in [2.24, 2.45) is 5.92 Å². The van der Waals surface area contributed by atoms with Crippen molar-refractivity contribution in [3.05, 3.63) is 35.5 Å². The summed E-state index contributed by atoms with van der Waals surface area (Å²) in [5.74, 6) is 0.174. The largest absolute Gasteiger partial charge is 0.325 e. The molecule has 4 nitrogen and oxygen atoms in total. The van der Waals surface area contributed by atoms with E-state index in [9.17, 15) is 4.79 Å². The third-order valence-electron chi connectivity index (χ3n) is 4.62. The van der Waals surface area contributed by atoms with Gasteiger partial charge < -0.3 is 10.6 Å². The predicted octanol–water partition coefficient (Wildman–Crippen LogP) is 2.97. The van der Waals surface area contributed by atoms with Gasteiger partial charge in [-0.15, -0.1) is 0 Å². The van der Waals surface area contributed by atoms with Crippen molar-refractivity contribution in [3.63, 3.8) is 0 Å². The summed E-state index contributed by atoms with van der Waals surface area (Å²) >= 11 is 6.16. The molecule has 2 aromatic rings.